The summed E-state index contributed by atoms with van der Waals surface area (Å²) in [6.07, 6.45) is 2.42. The maximum absolute atomic E-state index is 12.3. The Morgan fingerprint density at radius 1 is 1.37 bits per heavy atom. The van der Waals surface area contributed by atoms with Crippen LogP contribution in [0.4, 0.5) is 0 Å². The van der Waals surface area contributed by atoms with E-state index >= 15 is 0 Å². The first-order chi connectivity index (χ1) is 9.04. The Morgan fingerprint density at radius 2 is 2.05 bits per heavy atom. The molecule has 19 heavy (non-hydrogen) atoms. The molecule has 7 heteroatoms. The van der Waals surface area contributed by atoms with E-state index in [9.17, 15) is 8.42 Å². The number of sulfonamides is 1. The van der Waals surface area contributed by atoms with Gasteiger partial charge >= 0.3 is 0 Å². The molecular weight excluding hydrogens is 284 g/mol. The highest BCUT2D eigenvalue weighted by atomic mass is 32.2. The first-order valence-electron chi connectivity index (χ1n) is 6.42. The van der Waals surface area contributed by atoms with Crippen molar-refractivity contribution in [1.29, 1.82) is 0 Å². The normalized spacial score (nSPS) is 17.4. The lowest BCUT2D eigenvalue weighted by molar-refractivity contribution is 0.285. The van der Waals surface area contributed by atoms with Gasteiger partial charge in [-0.2, -0.15) is 4.31 Å². The van der Waals surface area contributed by atoms with Crippen LogP contribution in [0.2, 0.25) is 0 Å². The van der Waals surface area contributed by atoms with E-state index in [1.54, 1.807) is 19.2 Å². The first kappa shape index (κ1) is 14.9. The minimum absolute atomic E-state index is 0.113. The molecule has 0 radical (unpaired) electrons. The quantitative estimate of drug-likeness (QED) is 0.850. The Balaban J connectivity index is 1.97. The average molecular weight is 304 g/mol. The molecule has 2 heterocycles. The Bertz CT molecular complexity index is 507. The Hall–Kier alpha value is -0.470. The lowest BCUT2D eigenvalue weighted by atomic mass is 10.4. The number of hydrogen-bond donors (Lipinski definition) is 1. The van der Waals surface area contributed by atoms with Crippen molar-refractivity contribution in [3.05, 3.63) is 17.0 Å². The zero-order chi connectivity index (χ0) is 13.9. The molecule has 1 aliphatic heterocycles. The van der Waals surface area contributed by atoms with E-state index in [0.717, 1.165) is 31.0 Å². The number of likely N-dealkylation sites (N-methyl/N-ethyl adjacent to an activating group) is 1. The summed E-state index contributed by atoms with van der Waals surface area (Å²) in [5.74, 6) is 0. The molecule has 0 spiro atoms. The largest absolute Gasteiger partial charge is 0.391 e. The number of hydrogen-bond acceptors (Lipinski definition) is 5. The van der Waals surface area contributed by atoms with Crippen LogP contribution in [0.3, 0.4) is 0 Å². The van der Waals surface area contributed by atoms with Crippen molar-refractivity contribution in [2.75, 3.05) is 33.2 Å². The molecule has 1 aliphatic rings. The fourth-order valence-electron chi connectivity index (χ4n) is 2.14. The predicted octanol–water partition coefficient (Wildman–Crippen LogP) is 0.957. The topological polar surface area (TPSA) is 60.9 Å². The standard InChI is InChI=1S/C12H20N2O3S2/c1-13(8-9-14-6-2-3-7-14)19(16,17)12-5-4-11(10-15)18-12/h4-5,15H,2-3,6-10H2,1H3. The van der Waals surface area contributed by atoms with Crippen molar-refractivity contribution in [3.8, 4) is 0 Å². The van der Waals surface area contributed by atoms with E-state index in [1.165, 1.54) is 17.1 Å². The van der Waals surface area contributed by atoms with Crippen LogP contribution in [0.1, 0.15) is 17.7 Å². The van der Waals surface area contributed by atoms with Gasteiger partial charge < -0.3 is 10.0 Å². The van der Waals surface area contributed by atoms with Gasteiger partial charge in [-0.15, -0.1) is 11.3 Å². The zero-order valence-corrected chi connectivity index (χ0v) is 12.7. The van der Waals surface area contributed by atoms with Crippen LogP contribution in [-0.4, -0.2) is 56.0 Å². The van der Waals surface area contributed by atoms with Gasteiger partial charge in [0.15, 0.2) is 0 Å². The second-order valence-electron chi connectivity index (χ2n) is 4.75. The third kappa shape index (κ3) is 3.55. The molecule has 0 unspecified atom stereocenters. The summed E-state index contributed by atoms with van der Waals surface area (Å²) in [6.45, 7) is 3.32. The molecule has 1 aromatic rings. The minimum Gasteiger partial charge on any atom is -0.391 e. The monoisotopic (exact) mass is 304 g/mol. The third-order valence-electron chi connectivity index (χ3n) is 3.39. The number of thiophene rings is 1. The van der Waals surface area contributed by atoms with E-state index < -0.39 is 10.0 Å². The van der Waals surface area contributed by atoms with Crippen molar-refractivity contribution in [2.24, 2.45) is 0 Å². The summed E-state index contributed by atoms with van der Waals surface area (Å²) in [5.41, 5.74) is 0. The second-order valence-corrected chi connectivity index (χ2v) is 8.19. The van der Waals surface area contributed by atoms with Gasteiger partial charge in [0.1, 0.15) is 4.21 Å². The van der Waals surface area contributed by atoms with Crippen LogP contribution >= 0.6 is 11.3 Å². The lowest BCUT2D eigenvalue weighted by Gasteiger charge is -2.20. The zero-order valence-electron chi connectivity index (χ0n) is 11.1. The number of likely N-dealkylation sites (tertiary alicyclic amines) is 1. The van der Waals surface area contributed by atoms with Gasteiger partial charge in [-0.05, 0) is 38.1 Å². The van der Waals surface area contributed by atoms with Crippen LogP contribution in [0, 0.1) is 0 Å². The van der Waals surface area contributed by atoms with Gasteiger partial charge in [-0.25, -0.2) is 8.42 Å². The summed E-state index contributed by atoms with van der Waals surface area (Å²) in [5, 5.41) is 9.00. The van der Waals surface area contributed by atoms with E-state index in [2.05, 4.69) is 4.90 Å². The molecule has 1 aromatic heterocycles. The molecule has 108 valence electrons. The van der Waals surface area contributed by atoms with Crippen molar-refractivity contribution >= 4 is 21.4 Å². The Morgan fingerprint density at radius 3 is 2.63 bits per heavy atom. The van der Waals surface area contributed by atoms with Crippen molar-refractivity contribution in [1.82, 2.24) is 9.21 Å². The molecule has 1 fully saturated rings. The molecular formula is C12H20N2O3S2. The molecule has 0 saturated carbocycles. The highest BCUT2D eigenvalue weighted by Gasteiger charge is 2.23. The Labute approximate surface area is 118 Å². The first-order valence-corrected chi connectivity index (χ1v) is 8.68. The summed E-state index contributed by atoms with van der Waals surface area (Å²) in [6, 6.07) is 3.23. The van der Waals surface area contributed by atoms with Crippen LogP contribution < -0.4 is 0 Å². The molecule has 0 aromatic carbocycles. The number of aliphatic hydroxyl groups is 1. The van der Waals surface area contributed by atoms with E-state index in [1.807, 2.05) is 0 Å². The van der Waals surface area contributed by atoms with Crippen molar-refractivity contribution < 1.29 is 13.5 Å². The molecule has 1 N–H and O–H groups in total. The molecule has 0 bridgehead atoms. The van der Waals surface area contributed by atoms with Crippen molar-refractivity contribution in [2.45, 2.75) is 23.7 Å². The van der Waals surface area contributed by atoms with Gasteiger partial charge in [0, 0.05) is 25.0 Å². The van der Waals surface area contributed by atoms with Gasteiger partial charge in [0.05, 0.1) is 6.61 Å². The molecule has 0 aliphatic carbocycles. The van der Waals surface area contributed by atoms with E-state index in [-0.39, 0.29) is 6.61 Å². The smallest absolute Gasteiger partial charge is 0.252 e. The van der Waals surface area contributed by atoms with E-state index in [0.29, 0.717) is 15.6 Å². The molecule has 0 atom stereocenters. The van der Waals surface area contributed by atoms with Crippen LogP contribution in [0.5, 0.6) is 0 Å². The SMILES string of the molecule is CN(CCN1CCCC1)S(=O)(=O)c1ccc(CO)s1. The summed E-state index contributed by atoms with van der Waals surface area (Å²) in [4.78, 5) is 2.96. The fourth-order valence-corrected chi connectivity index (χ4v) is 4.73. The highest BCUT2D eigenvalue weighted by Crippen LogP contribution is 2.24. The maximum Gasteiger partial charge on any atom is 0.252 e. The molecule has 5 nitrogen and oxygen atoms in total. The predicted molar refractivity (Wildman–Crippen MR) is 75.7 cm³/mol. The van der Waals surface area contributed by atoms with E-state index in [4.69, 9.17) is 5.11 Å². The van der Waals surface area contributed by atoms with Gasteiger partial charge in [0.25, 0.3) is 10.0 Å². The van der Waals surface area contributed by atoms with Gasteiger partial charge in [-0.3, -0.25) is 0 Å². The highest BCUT2D eigenvalue weighted by molar-refractivity contribution is 7.91. The minimum atomic E-state index is -3.41. The number of nitrogens with zero attached hydrogens (tertiary/aromatic N) is 2. The number of aliphatic hydroxyl groups excluding tert-OH is 1. The number of rotatable bonds is 6. The van der Waals surface area contributed by atoms with Crippen LogP contribution in [0.25, 0.3) is 0 Å². The molecule has 0 amide bonds. The van der Waals surface area contributed by atoms with Crippen LogP contribution in [0.15, 0.2) is 16.3 Å². The van der Waals surface area contributed by atoms with Gasteiger partial charge in [0.2, 0.25) is 0 Å². The average Bonchev–Trinajstić information content (AvgIpc) is 3.06. The molecule has 2 rings (SSSR count). The van der Waals surface area contributed by atoms with Crippen molar-refractivity contribution in [3.63, 3.8) is 0 Å². The Kier molecular flexibility index (Phi) is 4.97. The summed E-state index contributed by atoms with van der Waals surface area (Å²) >= 11 is 1.13. The second kappa shape index (κ2) is 6.32. The summed E-state index contributed by atoms with van der Waals surface area (Å²) < 4.78 is 26.3. The maximum atomic E-state index is 12.3. The molecule has 1 saturated heterocycles. The van der Waals surface area contributed by atoms with Crippen LogP contribution in [-0.2, 0) is 16.6 Å². The fraction of sp³-hybridized carbons (Fsp3) is 0.667. The van der Waals surface area contributed by atoms with Gasteiger partial charge in [-0.1, -0.05) is 0 Å². The third-order valence-corrected chi connectivity index (χ3v) is 6.78. The lowest BCUT2D eigenvalue weighted by Crippen LogP contribution is -2.34. The summed E-state index contributed by atoms with van der Waals surface area (Å²) in [7, 11) is -1.79.